The van der Waals surface area contributed by atoms with Crippen LogP contribution >= 0.6 is 11.3 Å². The van der Waals surface area contributed by atoms with Crippen LogP contribution < -0.4 is 5.32 Å². The Kier molecular flexibility index (Phi) is 5.28. The maximum atomic E-state index is 12.6. The van der Waals surface area contributed by atoms with Gasteiger partial charge in [0, 0.05) is 18.0 Å². The van der Waals surface area contributed by atoms with Gasteiger partial charge in [-0.15, -0.1) is 11.3 Å². The average molecular weight is 329 g/mol. The highest BCUT2D eigenvalue weighted by molar-refractivity contribution is 7.15. The van der Waals surface area contributed by atoms with E-state index in [2.05, 4.69) is 29.4 Å². The smallest absolute Gasteiger partial charge is 0.320 e. The zero-order chi connectivity index (χ0) is 16.1. The van der Waals surface area contributed by atoms with Gasteiger partial charge in [-0.3, -0.25) is 5.32 Å². The molecule has 5 heteroatoms. The molecule has 122 valence electrons. The van der Waals surface area contributed by atoms with E-state index < -0.39 is 0 Å². The Morgan fingerprint density at radius 1 is 1.26 bits per heavy atom. The first-order chi connectivity index (χ1) is 11.3. The van der Waals surface area contributed by atoms with E-state index in [4.69, 9.17) is 0 Å². The summed E-state index contributed by atoms with van der Waals surface area (Å²) in [5, 5.41) is 3.75. The van der Waals surface area contributed by atoms with Gasteiger partial charge in [0.05, 0.1) is 5.69 Å². The largest absolute Gasteiger partial charge is 0.323 e. The number of hydrogen-bond acceptors (Lipinski definition) is 3. The van der Waals surface area contributed by atoms with E-state index in [0.717, 1.165) is 36.5 Å². The molecule has 0 atom stereocenters. The highest BCUT2D eigenvalue weighted by Gasteiger charge is 2.19. The highest BCUT2D eigenvalue weighted by Crippen LogP contribution is 2.29. The number of anilines is 1. The number of carbonyl (C=O) groups is 1. The van der Waals surface area contributed by atoms with E-state index in [-0.39, 0.29) is 6.03 Å². The fourth-order valence-corrected chi connectivity index (χ4v) is 3.94. The van der Waals surface area contributed by atoms with Gasteiger partial charge in [-0.1, -0.05) is 37.3 Å². The fraction of sp³-hybridized carbons (Fsp3) is 0.444. The Balaban J connectivity index is 1.67. The summed E-state index contributed by atoms with van der Waals surface area (Å²) in [4.78, 5) is 20.4. The van der Waals surface area contributed by atoms with Gasteiger partial charge in [-0.25, -0.2) is 9.78 Å². The molecule has 0 fully saturated rings. The molecule has 2 aromatic rings. The normalized spacial score (nSPS) is 13.4. The molecule has 1 aromatic carbocycles. The molecule has 0 radical (unpaired) electrons. The second-order valence-corrected chi connectivity index (χ2v) is 7.02. The minimum Gasteiger partial charge on any atom is -0.320 e. The number of thiazole rings is 1. The zero-order valence-electron chi connectivity index (χ0n) is 13.5. The molecular formula is C18H23N3OS. The average Bonchev–Trinajstić information content (AvgIpc) is 2.97. The van der Waals surface area contributed by atoms with Crippen LogP contribution in [0.25, 0.3) is 0 Å². The number of rotatable bonds is 5. The van der Waals surface area contributed by atoms with Crippen molar-refractivity contribution in [3.63, 3.8) is 0 Å². The van der Waals surface area contributed by atoms with E-state index in [9.17, 15) is 4.79 Å². The first kappa shape index (κ1) is 16.0. The van der Waals surface area contributed by atoms with Crippen LogP contribution in [0.5, 0.6) is 0 Å². The van der Waals surface area contributed by atoms with Gasteiger partial charge in [0.1, 0.15) is 0 Å². The molecule has 23 heavy (non-hydrogen) atoms. The third kappa shape index (κ3) is 4.10. The number of nitrogens with one attached hydrogen (secondary N) is 1. The van der Waals surface area contributed by atoms with Gasteiger partial charge in [-0.2, -0.15) is 0 Å². The van der Waals surface area contributed by atoms with Crippen molar-refractivity contribution in [1.82, 2.24) is 9.88 Å². The van der Waals surface area contributed by atoms with Crippen LogP contribution in [0.2, 0.25) is 0 Å². The molecule has 1 aliphatic carbocycles. The summed E-state index contributed by atoms with van der Waals surface area (Å²) in [6, 6.07) is 10.1. The maximum Gasteiger partial charge on any atom is 0.323 e. The van der Waals surface area contributed by atoms with Crippen LogP contribution in [0.3, 0.4) is 0 Å². The van der Waals surface area contributed by atoms with Crippen LogP contribution in [0.4, 0.5) is 9.93 Å². The van der Waals surface area contributed by atoms with Crippen molar-refractivity contribution < 1.29 is 4.79 Å². The molecule has 0 saturated carbocycles. The topological polar surface area (TPSA) is 45.2 Å². The Labute approximate surface area is 141 Å². The van der Waals surface area contributed by atoms with Crippen molar-refractivity contribution in [2.24, 2.45) is 0 Å². The SMILES string of the molecule is CCCN(Cc1ccccc1)C(=O)Nc1nc2c(s1)CCCC2. The third-order valence-electron chi connectivity index (χ3n) is 4.06. The number of fused-ring (bicyclic) bond motifs is 1. The van der Waals surface area contributed by atoms with E-state index in [1.807, 2.05) is 23.1 Å². The second kappa shape index (κ2) is 7.59. The van der Waals surface area contributed by atoms with E-state index in [0.29, 0.717) is 6.54 Å². The monoisotopic (exact) mass is 329 g/mol. The summed E-state index contributed by atoms with van der Waals surface area (Å²) in [5.74, 6) is 0. The number of benzene rings is 1. The lowest BCUT2D eigenvalue weighted by molar-refractivity contribution is 0.209. The van der Waals surface area contributed by atoms with Crippen LogP contribution in [-0.4, -0.2) is 22.5 Å². The Hall–Kier alpha value is -1.88. The maximum absolute atomic E-state index is 12.6. The second-order valence-electron chi connectivity index (χ2n) is 5.93. The fourth-order valence-electron chi connectivity index (χ4n) is 2.90. The van der Waals surface area contributed by atoms with E-state index in [1.54, 1.807) is 11.3 Å². The molecule has 4 nitrogen and oxygen atoms in total. The van der Waals surface area contributed by atoms with Crippen molar-refractivity contribution in [2.45, 2.75) is 45.6 Å². The third-order valence-corrected chi connectivity index (χ3v) is 5.13. The minimum atomic E-state index is -0.0539. The Morgan fingerprint density at radius 2 is 2.04 bits per heavy atom. The molecule has 1 aromatic heterocycles. The van der Waals surface area contributed by atoms with Crippen molar-refractivity contribution in [3.8, 4) is 0 Å². The lowest BCUT2D eigenvalue weighted by Crippen LogP contribution is -2.35. The molecule has 1 aliphatic rings. The summed E-state index contributed by atoms with van der Waals surface area (Å²) >= 11 is 1.64. The van der Waals surface area contributed by atoms with Crippen molar-refractivity contribution in [3.05, 3.63) is 46.5 Å². The summed E-state index contributed by atoms with van der Waals surface area (Å²) in [7, 11) is 0. The lowest BCUT2D eigenvalue weighted by atomic mass is 10.0. The number of aromatic nitrogens is 1. The van der Waals surface area contributed by atoms with E-state index >= 15 is 0 Å². The van der Waals surface area contributed by atoms with Crippen LogP contribution in [-0.2, 0) is 19.4 Å². The van der Waals surface area contributed by atoms with Gasteiger partial charge >= 0.3 is 6.03 Å². The number of urea groups is 1. The first-order valence-corrected chi connectivity index (χ1v) is 9.16. The first-order valence-electron chi connectivity index (χ1n) is 8.34. The van der Waals surface area contributed by atoms with Gasteiger partial charge in [0.25, 0.3) is 0 Å². The lowest BCUT2D eigenvalue weighted by Gasteiger charge is -2.22. The van der Waals surface area contributed by atoms with Gasteiger partial charge in [0.2, 0.25) is 0 Å². The van der Waals surface area contributed by atoms with Crippen LogP contribution in [0.1, 0.15) is 42.3 Å². The Bertz CT molecular complexity index is 630. The predicted octanol–water partition coefficient (Wildman–Crippen LogP) is 4.47. The van der Waals surface area contributed by atoms with Gasteiger partial charge < -0.3 is 4.90 Å². The van der Waals surface area contributed by atoms with Gasteiger partial charge in [0.15, 0.2) is 5.13 Å². The molecule has 0 aliphatic heterocycles. The quantitative estimate of drug-likeness (QED) is 0.880. The molecule has 3 rings (SSSR count). The van der Waals surface area contributed by atoms with Gasteiger partial charge in [-0.05, 0) is 37.7 Å². The number of amides is 2. The molecule has 0 bridgehead atoms. The minimum absolute atomic E-state index is 0.0539. The summed E-state index contributed by atoms with van der Waals surface area (Å²) < 4.78 is 0. The Morgan fingerprint density at radius 3 is 2.78 bits per heavy atom. The van der Waals surface area contributed by atoms with Crippen molar-refractivity contribution in [1.29, 1.82) is 0 Å². The zero-order valence-corrected chi connectivity index (χ0v) is 14.4. The molecular weight excluding hydrogens is 306 g/mol. The molecule has 0 unspecified atom stereocenters. The van der Waals surface area contributed by atoms with E-state index in [1.165, 1.54) is 23.4 Å². The van der Waals surface area contributed by atoms with Crippen molar-refractivity contribution >= 4 is 22.5 Å². The highest BCUT2D eigenvalue weighted by atomic mass is 32.1. The number of nitrogens with zero attached hydrogens (tertiary/aromatic N) is 2. The molecule has 1 N–H and O–H groups in total. The van der Waals surface area contributed by atoms with Crippen molar-refractivity contribution in [2.75, 3.05) is 11.9 Å². The number of carbonyl (C=O) groups excluding carboxylic acids is 1. The summed E-state index contributed by atoms with van der Waals surface area (Å²) in [6.45, 7) is 3.46. The standard InChI is InChI=1S/C18H23N3OS/c1-2-12-21(13-14-8-4-3-5-9-14)18(22)20-17-19-15-10-6-7-11-16(15)23-17/h3-5,8-9H,2,6-7,10-13H2,1H3,(H,19,20,22). The number of aryl methyl sites for hydroxylation is 2. The number of hydrogen-bond donors (Lipinski definition) is 1. The molecule has 2 amide bonds. The molecule has 0 spiro atoms. The predicted molar refractivity (Wildman–Crippen MR) is 94.9 cm³/mol. The molecule has 1 heterocycles. The summed E-state index contributed by atoms with van der Waals surface area (Å²) in [6.07, 6.45) is 5.53. The van der Waals surface area contributed by atoms with Crippen LogP contribution in [0.15, 0.2) is 30.3 Å². The molecule has 0 saturated heterocycles. The van der Waals surface area contributed by atoms with Crippen LogP contribution in [0, 0.1) is 0 Å². The summed E-state index contributed by atoms with van der Waals surface area (Å²) in [5.41, 5.74) is 2.33.